The molecule has 0 aliphatic rings. The van der Waals surface area contributed by atoms with Crippen LogP contribution in [0.4, 0.5) is 14.9 Å². The number of carbonyl (C=O) groups is 1. The fraction of sp³-hybridized carbons (Fsp3) is 0.154. The zero-order chi connectivity index (χ0) is 17.2. The molecule has 7 heteroatoms. The van der Waals surface area contributed by atoms with Crippen molar-refractivity contribution in [2.75, 3.05) is 12.4 Å². The Kier molecular flexibility index (Phi) is 2.79. The third-order valence-corrected chi connectivity index (χ3v) is 2.45. The van der Waals surface area contributed by atoms with E-state index in [9.17, 15) is 9.18 Å². The summed E-state index contributed by atoms with van der Waals surface area (Å²) in [6.45, 7) is 1.69. The smallest absolute Gasteiger partial charge is 0.409 e. The van der Waals surface area contributed by atoms with E-state index in [1.165, 1.54) is 12.4 Å². The van der Waals surface area contributed by atoms with Crippen LogP contribution in [0.3, 0.4) is 0 Å². The van der Waals surface area contributed by atoms with E-state index >= 15 is 0 Å². The van der Waals surface area contributed by atoms with Crippen LogP contribution >= 0.6 is 0 Å². The van der Waals surface area contributed by atoms with Crippen molar-refractivity contribution in [2.45, 2.75) is 6.92 Å². The quantitative estimate of drug-likeness (QED) is 0.903. The van der Waals surface area contributed by atoms with E-state index < -0.39 is 18.9 Å². The first-order chi connectivity index (χ1) is 10.7. The maximum atomic E-state index is 13.8. The average Bonchev–Trinajstić information content (AvgIpc) is 2.40. The first-order valence-electron chi connectivity index (χ1n) is 6.97. The largest absolute Gasteiger partial charge is 0.494 e. The molecule has 0 fully saturated rings. The molecule has 1 amide bonds. The van der Waals surface area contributed by atoms with Crippen molar-refractivity contribution in [1.29, 1.82) is 0 Å². The van der Waals surface area contributed by atoms with Crippen LogP contribution in [0.2, 0.25) is 0 Å². The Balaban J connectivity index is 2.65. The van der Waals surface area contributed by atoms with Gasteiger partial charge in [-0.3, -0.25) is 15.3 Å². The van der Waals surface area contributed by atoms with Crippen molar-refractivity contribution in [3.05, 3.63) is 36.0 Å². The molecule has 0 radical (unpaired) electrons. The number of aromatic nitrogens is 2. The lowest BCUT2D eigenvalue weighted by Crippen LogP contribution is -2.09. The van der Waals surface area contributed by atoms with E-state index in [1.807, 2.05) is 5.32 Å². The highest BCUT2D eigenvalue weighted by Crippen LogP contribution is 2.36. The first kappa shape index (κ1) is 10.1. The van der Waals surface area contributed by atoms with Crippen LogP contribution in [0.5, 0.6) is 5.75 Å². The molecule has 0 saturated heterocycles. The van der Waals surface area contributed by atoms with Gasteiger partial charge in [-0.15, -0.1) is 0 Å². The van der Waals surface area contributed by atoms with Crippen molar-refractivity contribution >= 4 is 11.8 Å². The number of methoxy groups -OCH3 is 1. The number of benzene rings is 1. The van der Waals surface area contributed by atoms with Gasteiger partial charge in [0.2, 0.25) is 0 Å². The van der Waals surface area contributed by atoms with E-state index in [1.54, 1.807) is 6.92 Å². The number of rotatable bonds is 3. The van der Waals surface area contributed by atoms with E-state index in [2.05, 4.69) is 9.97 Å². The Labute approximate surface area is 118 Å². The number of hydrogen-bond donors (Lipinski definition) is 2. The summed E-state index contributed by atoms with van der Waals surface area (Å²) in [5.74, 6) is -1.14. The minimum atomic E-state index is -2.86. The van der Waals surface area contributed by atoms with E-state index in [-0.39, 0.29) is 22.7 Å². The topological polar surface area (TPSA) is 84.3 Å². The molecule has 1 aromatic heterocycles. The Morgan fingerprint density at radius 3 is 2.85 bits per heavy atom. The highest BCUT2D eigenvalue weighted by Gasteiger charge is 2.16. The number of halogens is 1. The van der Waals surface area contributed by atoms with Crippen molar-refractivity contribution in [2.24, 2.45) is 0 Å². The lowest BCUT2D eigenvalue weighted by molar-refractivity contribution is 0.209. The lowest BCUT2D eigenvalue weighted by Gasteiger charge is -2.13. The third kappa shape index (κ3) is 2.82. The summed E-state index contributed by atoms with van der Waals surface area (Å²) in [4.78, 5) is 18.9. The number of carboxylic acid groups (broad SMARTS) is 1. The molecule has 1 heterocycles. The predicted molar refractivity (Wildman–Crippen MR) is 70.4 cm³/mol. The normalized spacial score (nSPS) is 13.0. The molecule has 0 unspecified atom stereocenters. The molecule has 0 bridgehead atoms. The van der Waals surface area contributed by atoms with E-state index in [0.717, 1.165) is 12.1 Å². The van der Waals surface area contributed by atoms with Crippen LogP contribution in [-0.4, -0.2) is 28.2 Å². The minimum absolute atomic E-state index is 0.0302. The zero-order valence-electron chi connectivity index (χ0n) is 13.3. The molecule has 6 nitrogen and oxygen atoms in total. The van der Waals surface area contributed by atoms with Gasteiger partial charge in [-0.1, -0.05) is 0 Å². The molecule has 0 aliphatic heterocycles. The Morgan fingerprint density at radius 2 is 2.25 bits per heavy atom. The highest BCUT2D eigenvalue weighted by molar-refractivity contribution is 5.88. The van der Waals surface area contributed by atoms with Crippen LogP contribution < -0.4 is 10.1 Å². The van der Waals surface area contributed by atoms with Crippen molar-refractivity contribution in [3.8, 4) is 17.0 Å². The summed E-state index contributed by atoms with van der Waals surface area (Å²) >= 11 is 0. The second kappa shape index (κ2) is 5.52. The second-order valence-electron chi connectivity index (χ2n) is 3.91. The molecule has 1 aromatic carbocycles. The summed E-state index contributed by atoms with van der Waals surface area (Å²) in [5.41, 5.74) is 0.374. The highest BCUT2D eigenvalue weighted by atomic mass is 19.1. The van der Waals surface area contributed by atoms with Gasteiger partial charge in [-0.2, -0.15) is 0 Å². The average molecular weight is 280 g/mol. The van der Waals surface area contributed by atoms with Gasteiger partial charge in [-0.25, -0.2) is 9.18 Å². The first-order valence-corrected chi connectivity index (χ1v) is 5.47. The number of amides is 1. The summed E-state index contributed by atoms with van der Waals surface area (Å²) in [7, 11) is -2.86. The van der Waals surface area contributed by atoms with Gasteiger partial charge < -0.3 is 9.84 Å². The zero-order valence-corrected chi connectivity index (χ0v) is 10.3. The Bertz CT molecular complexity index is 736. The monoisotopic (exact) mass is 280 g/mol. The maximum Gasteiger partial charge on any atom is 0.409 e. The molecule has 20 heavy (non-hydrogen) atoms. The van der Waals surface area contributed by atoms with Crippen LogP contribution in [0.15, 0.2) is 24.5 Å². The summed E-state index contributed by atoms with van der Waals surface area (Å²) in [6, 6.07) is 1.81. The van der Waals surface area contributed by atoms with Crippen molar-refractivity contribution in [1.82, 2.24) is 9.97 Å². The van der Waals surface area contributed by atoms with Crippen LogP contribution in [0, 0.1) is 12.7 Å². The number of hydrogen-bond acceptors (Lipinski definition) is 4. The fourth-order valence-electron chi connectivity index (χ4n) is 1.63. The van der Waals surface area contributed by atoms with Gasteiger partial charge in [0.25, 0.3) is 0 Å². The predicted octanol–water partition coefficient (Wildman–Crippen LogP) is 2.69. The third-order valence-electron chi connectivity index (χ3n) is 2.45. The molecule has 0 spiro atoms. The molecule has 0 atom stereocenters. The molecular formula is C13H12FN3O3. The van der Waals surface area contributed by atoms with Crippen LogP contribution in [0.25, 0.3) is 11.3 Å². The van der Waals surface area contributed by atoms with Gasteiger partial charge >= 0.3 is 6.09 Å². The summed E-state index contributed by atoms with van der Waals surface area (Å²) < 4.78 is 40.2. The van der Waals surface area contributed by atoms with Crippen molar-refractivity contribution in [3.63, 3.8) is 0 Å². The fourth-order valence-corrected chi connectivity index (χ4v) is 1.63. The molecule has 0 aliphatic carbocycles. The standard InChI is InChI=1S/C13H12FN3O3/c1-7-5-16-11(6-15-7)9-3-8(14)4-10(12(9)20-2)17-13(18)19/h3-6,17H,1-2H3,(H,18,19)/i2D3. The summed E-state index contributed by atoms with van der Waals surface area (Å²) in [5, 5.41) is 10.7. The molecule has 104 valence electrons. The summed E-state index contributed by atoms with van der Waals surface area (Å²) in [6.07, 6.45) is 1.22. The molecule has 0 saturated carbocycles. The minimum Gasteiger partial charge on any atom is -0.494 e. The Morgan fingerprint density at radius 1 is 1.45 bits per heavy atom. The number of anilines is 1. The SMILES string of the molecule is [2H]C([2H])([2H])Oc1c(NC(=O)O)cc(F)cc1-c1cnc(C)cn1. The lowest BCUT2D eigenvalue weighted by atomic mass is 10.1. The second-order valence-corrected chi connectivity index (χ2v) is 3.91. The molecule has 2 rings (SSSR count). The van der Waals surface area contributed by atoms with Crippen molar-refractivity contribution < 1.29 is 23.1 Å². The van der Waals surface area contributed by atoms with Crippen LogP contribution in [0.1, 0.15) is 9.81 Å². The Hall–Kier alpha value is -2.70. The molecular weight excluding hydrogens is 265 g/mol. The number of ether oxygens (including phenoxy) is 1. The van der Waals surface area contributed by atoms with Gasteiger partial charge in [0, 0.05) is 17.8 Å². The molecule has 2 N–H and O–H groups in total. The van der Waals surface area contributed by atoms with Gasteiger partial charge in [0.05, 0.1) is 34.4 Å². The number of nitrogens with one attached hydrogen (secondary N) is 1. The van der Waals surface area contributed by atoms with Gasteiger partial charge in [0.1, 0.15) is 5.82 Å². The number of nitrogens with zero attached hydrogens (tertiary/aromatic N) is 2. The van der Waals surface area contributed by atoms with Gasteiger partial charge in [0.15, 0.2) is 5.75 Å². The van der Waals surface area contributed by atoms with E-state index in [4.69, 9.17) is 14.0 Å². The number of aryl methyl sites for hydroxylation is 1. The van der Waals surface area contributed by atoms with Gasteiger partial charge in [-0.05, 0) is 13.0 Å². The van der Waals surface area contributed by atoms with Crippen LogP contribution in [-0.2, 0) is 0 Å². The molecule has 2 aromatic rings. The maximum absolute atomic E-state index is 13.8. The van der Waals surface area contributed by atoms with E-state index in [0.29, 0.717) is 5.69 Å².